The second kappa shape index (κ2) is 6.25. The summed E-state index contributed by atoms with van der Waals surface area (Å²) in [5.41, 5.74) is -0.550. The topological polar surface area (TPSA) is 117 Å². The van der Waals surface area contributed by atoms with Crippen molar-refractivity contribution in [2.75, 3.05) is 11.9 Å². The Kier molecular flexibility index (Phi) is 4.51. The van der Waals surface area contributed by atoms with Crippen LogP contribution in [0.3, 0.4) is 0 Å². The van der Waals surface area contributed by atoms with Crippen molar-refractivity contribution >= 4 is 15.9 Å². The molecule has 1 aromatic rings. The van der Waals surface area contributed by atoms with E-state index >= 15 is 0 Å². The molecule has 3 rings (SSSR count). The molecule has 8 nitrogen and oxygen atoms in total. The van der Waals surface area contributed by atoms with Crippen molar-refractivity contribution in [1.29, 1.82) is 0 Å². The largest absolute Gasteiger partial charge is 0.394 e. The number of ether oxygens (including phenoxy) is 2. The summed E-state index contributed by atoms with van der Waals surface area (Å²) in [6.07, 6.45) is -0.743. The smallest absolute Gasteiger partial charge is 0.330 e. The molecule has 2 saturated heterocycles. The van der Waals surface area contributed by atoms with Crippen LogP contribution >= 0.6 is 15.9 Å². The first-order chi connectivity index (χ1) is 10.5. The van der Waals surface area contributed by atoms with Gasteiger partial charge in [0.05, 0.1) is 12.7 Å². The SMILES string of the molecule is O=c1[nH]c(=O)n(C2C[C@H]3O[C@H]3[C@H](O)[C@@H](CO)O2)cc1CCBr. The molecule has 1 aromatic heterocycles. The van der Waals surface area contributed by atoms with Gasteiger partial charge in [0.15, 0.2) is 0 Å². The molecule has 0 spiro atoms. The van der Waals surface area contributed by atoms with E-state index < -0.39 is 29.7 Å². The van der Waals surface area contributed by atoms with Gasteiger partial charge in [-0.15, -0.1) is 0 Å². The Hall–Kier alpha value is -1.00. The number of aromatic nitrogens is 2. The predicted octanol–water partition coefficient (Wildman–Crippen LogP) is -1.12. The van der Waals surface area contributed by atoms with E-state index in [-0.39, 0.29) is 18.8 Å². The average molecular weight is 377 g/mol. The summed E-state index contributed by atoms with van der Waals surface area (Å²) in [4.78, 5) is 26.1. The fourth-order valence-electron chi connectivity index (χ4n) is 2.75. The number of nitrogens with one attached hydrogen (secondary N) is 1. The van der Waals surface area contributed by atoms with E-state index in [4.69, 9.17) is 9.47 Å². The molecule has 22 heavy (non-hydrogen) atoms. The summed E-state index contributed by atoms with van der Waals surface area (Å²) in [6.45, 7) is -0.378. The molecule has 0 amide bonds. The lowest BCUT2D eigenvalue weighted by molar-refractivity contribution is -0.129. The van der Waals surface area contributed by atoms with Crippen LogP contribution < -0.4 is 11.2 Å². The molecule has 3 N–H and O–H groups in total. The lowest BCUT2D eigenvalue weighted by Gasteiger charge is -2.25. The summed E-state index contributed by atoms with van der Waals surface area (Å²) in [6, 6.07) is 0. The predicted molar refractivity (Wildman–Crippen MR) is 79.1 cm³/mol. The monoisotopic (exact) mass is 376 g/mol. The zero-order valence-corrected chi connectivity index (χ0v) is 13.2. The first-order valence-electron chi connectivity index (χ1n) is 7.05. The molecular formula is C13H17BrN2O6. The highest BCUT2D eigenvalue weighted by atomic mass is 79.9. The van der Waals surface area contributed by atoms with E-state index in [0.717, 1.165) is 0 Å². The van der Waals surface area contributed by atoms with Gasteiger partial charge in [0.2, 0.25) is 0 Å². The van der Waals surface area contributed by atoms with Crippen molar-refractivity contribution in [3.05, 3.63) is 32.6 Å². The van der Waals surface area contributed by atoms with E-state index in [9.17, 15) is 19.8 Å². The van der Waals surface area contributed by atoms with Crippen LogP contribution in [-0.2, 0) is 15.9 Å². The van der Waals surface area contributed by atoms with E-state index in [2.05, 4.69) is 20.9 Å². The van der Waals surface area contributed by atoms with Crippen LogP contribution in [-0.4, -0.2) is 56.1 Å². The molecule has 1 unspecified atom stereocenters. The van der Waals surface area contributed by atoms with Crippen molar-refractivity contribution < 1.29 is 19.7 Å². The van der Waals surface area contributed by atoms with Gasteiger partial charge in [0, 0.05) is 23.5 Å². The molecule has 0 bridgehead atoms. The maximum Gasteiger partial charge on any atom is 0.330 e. The molecule has 3 heterocycles. The number of halogens is 1. The Bertz CT molecular complexity index is 659. The van der Waals surface area contributed by atoms with Crippen LogP contribution in [0.4, 0.5) is 0 Å². The van der Waals surface area contributed by atoms with Gasteiger partial charge in [-0.05, 0) is 6.42 Å². The van der Waals surface area contributed by atoms with E-state index in [1.807, 2.05) is 0 Å². The maximum atomic E-state index is 12.1. The number of aliphatic hydroxyl groups is 2. The van der Waals surface area contributed by atoms with Gasteiger partial charge in [-0.2, -0.15) is 0 Å². The van der Waals surface area contributed by atoms with E-state index in [0.29, 0.717) is 23.7 Å². The molecule has 0 radical (unpaired) electrons. The number of nitrogens with zero attached hydrogens (tertiary/aromatic N) is 1. The van der Waals surface area contributed by atoms with Crippen molar-refractivity contribution in [3.8, 4) is 0 Å². The standard InChI is InChI=1S/C13H17BrN2O6/c14-2-1-6-4-16(13(20)15-12(6)19)9-3-7-11(22-7)10(18)8(5-17)21-9/h4,7-11,17-18H,1-3,5H2,(H,15,19,20)/t7-,8-,9?,10-,11-/m1/s1. The first-order valence-corrected chi connectivity index (χ1v) is 8.17. The summed E-state index contributed by atoms with van der Waals surface area (Å²) in [5.74, 6) is 0. The van der Waals surface area contributed by atoms with Gasteiger partial charge in [-0.1, -0.05) is 15.9 Å². The summed E-state index contributed by atoms with van der Waals surface area (Å²) in [5, 5.41) is 20.0. The zero-order valence-electron chi connectivity index (χ0n) is 11.6. The van der Waals surface area contributed by atoms with Gasteiger partial charge in [0.1, 0.15) is 24.5 Å². The molecule has 0 saturated carbocycles. The highest BCUT2D eigenvalue weighted by molar-refractivity contribution is 9.09. The average Bonchev–Trinajstić information content (AvgIpc) is 3.25. The number of rotatable bonds is 4. The molecule has 2 aliphatic rings. The number of hydrogen-bond acceptors (Lipinski definition) is 6. The number of H-pyrrole nitrogens is 1. The number of fused-ring (bicyclic) bond motifs is 1. The highest BCUT2D eigenvalue weighted by Gasteiger charge is 2.52. The number of aryl methyl sites for hydroxylation is 1. The normalized spacial score (nSPS) is 34.0. The van der Waals surface area contributed by atoms with Crippen LogP contribution in [0.1, 0.15) is 18.2 Å². The maximum absolute atomic E-state index is 12.1. The number of hydrogen-bond donors (Lipinski definition) is 3. The Morgan fingerprint density at radius 3 is 2.86 bits per heavy atom. The molecule has 122 valence electrons. The van der Waals surface area contributed by atoms with Crippen LogP contribution in [0.15, 0.2) is 15.8 Å². The minimum absolute atomic E-state index is 0.213. The van der Waals surface area contributed by atoms with Crippen molar-refractivity contribution in [2.45, 2.75) is 43.5 Å². The van der Waals surface area contributed by atoms with Gasteiger partial charge in [-0.3, -0.25) is 14.3 Å². The quantitative estimate of drug-likeness (QED) is 0.452. The van der Waals surface area contributed by atoms with Crippen LogP contribution in [0, 0.1) is 0 Å². The molecular weight excluding hydrogens is 360 g/mol. The fraction of sp³-hybridized carbons (Fsp3) is 0.692. The minimum atomic E-state index is -0.930. The number of epoxide rings is 1. The molecule has 2 aliphatic heterocycles. The van der Waals surface area contributed by atoms with Crippen molar-refractivity contribution in [1.82, 2.24) is 9.55 Å². The summed E-state index contributed by atoms with van der Waals surface area (Å²) in [7, 11) is 0. The third-order valence-electron chi connectivity index (χ3n) is 4.00. The molecule has 0 aromatic carbocycles. The lowest BCUT2D eigenvalue weighted by Crippen LogP contribution is -2.40. The Morgan fingerprint density at radius 2 is 2.18 bits per heavy atom. The third kappa shape index (κ3) is 2.91. The van der Waals surface area contributed by atoms with Crippen molar-refractivity contribution in [2.24, 2.45) is 0 Å². The van der Waals surface area contributed by atoms with Crippen molar-refractivity contribution in [3.63, 3.8) is 0 Å². The van der Waals surface area contributed by atoms with Gasteiger partial charge in [-0.25, -0.2) is 4.79 Å². The van der Waals surface area contributed by atoms with Gasteiger partial charge >= 0.3 is 5.69 Å². The number of aromatic amines is 1. The second-order valence-corrected chi connectivity index (χ2v) is 6.23. The van der Waals surface area contributed by atoms with E-state index in [1.165, 1.54) is 10.8 Å². The lowest BCUT2D eigenvalue weighted by atomic mass is 10.1. The summed E-state index contributed by atoms with van der Waals surface area (Å²) >= 11 is 3.26. The van der Waals surface area contributed by atoms with Crippen LogP contribution in [0.2, 0.25) is 0 Å². The molecule has 5 atom stereocenters. The zero-order chi connectivity index (χ0) is 15.9. The van der Waals surface area contributed by atoms with Crippen LogP contribution in [0.5, 0.6) is 0 Å². The Labute approximate surface area is 133 Å². The van der Waals surface area contributed by atoms with Gasteiger partial charge in [0.25, 0.3) is 5.56 Å². The third-order valence-corrected chi connectivity index (χ3v) is 4.40. The van der Waals surface area contributed by atoms with Gasteiger partial charge < -0.3 is 19.7 Å². The second-order valence-electron chi connectivity index (χ2n) is 5.44. The molecule has 0 aliphatic carbocycles. The Morgan fingerprint density at radius 1 is 1.41 bits per heavy atom. The van der Waals surface area contributed by atoms with Crippen LogP contribution in [0.25, 0.3) is 0 Å². The number of aliphatic hydroxyl groups excluding tert-OH is 2. The fourth-order valence-corrected chi connectivity index (χ4v) is 3.17. The highest BCUT2D eigenvalue weighted by Crippen LogP contribution is 2.38. The summed E-state index contributed by atoms with van der Waals surface area (Å²) < 4.78 is 12.3. The minimum Gasteiger partial charge on any atom is -0.394 e. The number of alkyl halides is 1. The molecule has 2 fully saturated rings. The van der Waals surface area contributed by atoms with E-state index in [1.54, 1.807) is 0 Å². The molecule has 9 heteroatoms. The first kappa shape index (κ1) is 15.9. The Balaban J connectivity index is 1.94.